The number of hydrogen-bond donors (Lipinski definition) is 1. The van der Waals surface area contributed by atoms with Crippen molar-refractivity contribution in [2.45, 2.75) is 6.54 Å². The highest BCUT2D eigenvalue weighted by atomic mass is 35.5. The van der Waals surface area contributed by atoms with Crippen LogP contribution in [0.5, 0.6) is 0 Å². The second-order valence-corrected chi connectivity index (χ2v) is 7.23. The molecule has 0 amide bonds. The number of hydrogen-bond acceptors (Lipinski definition) is 3. The summed E-state index contributed by atoms with van der Waals surface area (Å²) in [5, 5.41) is 3.88. The second kappa shape index (κ2) is 7.14. The standard InChI is InChI=1S/C22H22ClN4/c1-24-14-15-9-10-19-20(11-15)27(16-7-5-4-6-8-16)21-13-17(26(2)3)12-18(23)22(21)25-19/h4-13,24H,14H2,1-3H3/q+1. The van der Waals surface area contributed by atoms with E-state index in [9.17, 15) is 0 Å². The molecule has 0 unspecified atom stereocenters. The van der Waals surface area contributed by atoms with E-state index in [1.165, 1.54) is 5.56 Å². The monoisotopic (exact) mass is 377 g/mol. The molecule has 5 heteroatoms. The van der Waals surface area contributed by atoms with Gasteiger partial charge in [-0.3, -0.25) is 0 Å². The lowest BCUT2D eigenvalue weighted by atomic mass is 10.1. The Morgan fingerprint density at radius 1 is 1.00 bits per heavy atom. The SMILES string of the molecule is CNCc1ccc2nc3c(Cl)cc(N(C)C)cc3[n+](-c3ccccc3)c2c1. The summed E-state index contributed by atoms with van der Waals surface area (Å²) < 4.78 is 2.25. The van der Waals surface area contributed by atoms with Gasteiger partial charge in [-0.15, -0.1) is 4.57 Å². The van der Waals surface area contributed by atoms with Gasteiger partial charge in [0.1, 0.15) is 5.52 Å². The van der Waals surface area contributed by atoms with Crippen LogP contribution in [-0.4, -0.2) is 26.1 Å². The molecular weight excluding hydrogens is 356 g/mol. The fraction of sp³-hybridized carbons (Fsp3) is 0.182. The van der Waals surface area contributed by atoms with Crippen LogP contribution in [0.4, 0.5) is 5.69 Å². The Balaban J connectivity index is 2.16. The van der Waals surface area contributed by atoms with Gasteiger partial charge in [0.05, 0.1) is 5.02 Å². The van der Waals surface area contributed by atoms with Crippen molar-refractivity contribution in [3.8, 4) is 5.69 Å². The molecule has 0 aliphatic rings. The quantitative estimate of drug-likeness (QED) is 0.429. The molecule has 1 aromatic heterocycles. The van der Waals surface area contributed by atoms with Crippen molar-refractivity contribution in [1.82, 2.24) is 10.3 Å². The number of para-hydroxylation sites is 1. The van der Waals surface area contributed by atoms with Crippen molar-refractivity contribution in [2.24, 2.45) is 0 Å². The van der Waals surface area contributed by atoms with Gasteiger partial charge in [-0.2, -0.15) is 0 Å². The molecule has 1 N–H and O–H groups in total. The molecule has 0 saturated heterocycles. The van der Waals surface area contributed by atoms with Crippen LogP contribution in [0.1, 0.15) is 5.56 Å². The van der Waals surface area contributed by atoms with Crippen LogP contribution in [0.15, 0.2) is 60.7 Å². The lowest BCUT2D eigenvalue weighted by molar-refractivity contribution is -0.538. The first-order valence-electron chi connectivity index (χ1n) is 8.94. The minimum atomic E-state index is 0.655. The number of fused-ring (bicyclic) bond motifs is 2. The highest BCUT2D eigenvalue weighted by Crippen LogP contribution is 2.29. The highest BCUT2D eigenvalue weighted by molar-refractivity contribution is 6.35. The molecule has 0 spiro atoms. The van der Waals surface area contributed by atoms with Crippen LogP contribution in [0.25, 0.3) is 27.8 Å². The molecular formula is C22H22ClN4+. The van der Waals surface area contributed by atoms with E-state index in [1.807, 2.05) is 33.3 Å². The molecule has 0 aliphatic carbocycles. The molecule has 136 valence electrons. The van der Waals surface area contributed by atoms with Crippen LogP contribution < -0.4 is 14.8 Å². The van der Waals surface area contributed by atoms with E-state index in [0.717, 1.165) is 40.0 Å². The molecule has 1 heterocycles. The molecule has 4 nitrogen and oxygen atoms in total. The summed E-state index contributed by atoms with van der Waals surface area (Å²) in [4.78, 5) is 6.93. The maximum Gasteiger partial charge on any atom is 0.241 e. The molecule has 0 fully saturated rings. The Morgan fingerprint density at radius 2 is 1.78 bits per heavy atom. The fourth-order valence-corrected chi connectivity index (χ4v) is 3.62. The predicted molar refractivity (Wildman–Crippen MR) is 113 cm³/mol. The maximum absolute atomic E-state index is 6.63. The molecule has 3 aromatic carbocycles. The number of nitrogens with one attached hydrogen (secondary N) is 1. The third-order valence-corrected chi connectivity index (χ3v) is 4.98. The Bertz CT molecular complexity index is 1120. The summed E-state index contributed by atoms with van der Waals surface area (Å²) >= 11 is 6.63. The van der Waals surface area contributed by atoms with Gasteiger partial charge < -0.3 is 10.2 Å². The van der Waals surface area contributed by atoms with Gasteiger partial charge in [-0.25, -0.2) is 4.98 Å². The summed E-state index contributed by atoms with van der Waals surface area (Å²) in [5.74, 6) is 0. The first-order valence-corrected chi connectivity index (χ1v) is 9.31. The van der Waals surface area contributed by atoms with E-state index in [1.54, 1.807) is 0 Å². The van der Waals surface area contributed by atoms with E-state index >= 15 is 0 Å². The van der Waals surface area contributed by atoms with Gasteiger partial charge >= 0.3 is 0 Å². The first kappa shape index (κ1) is 17.7. The van der Waals surface area contributed by atoms with Crippen molar-refractivity contribution in [3.63, 3.8) is 0 Å². The van der Waals surface area contributed by atoms with Crippen molar-refractivity contribution in [3.05, 3.63) is 71.2 Å². The average Bonchev–Trinajstić information content (AvgIpc) is 2.67. The second-order valence-electron chi connectivity index (χ2n) is 6.83. The van der Waals surface area contributed by atoms with Crippen LogP contribution in [0.3, 0.4) is 0 Å². The van der Waals surface area contributed by atoms with E-state index in [0.29, 0.717) is 5.02 Å². The van der Waals surface area contributed by atoms with E-state index in [4.69, 9.17) is 16.6 Å². The minimum absolute atomic E-state index is 0.655. The molecule has 0 saturated carbocycles. The fourth-order valence-electron chi connectivity index (χ4n) is 3.37. The molecule has 27 heavy (non-hydrogen) atoms. The van der Waals surface area contributed by atoms with Crippen LogP contribution in [0.2, 0.25) is 5.02 Å². The topological polar surface area (TPSA) is 32.0 Å². The Labute approximate surface area is 164 Å². The Kier molecular flexibility index (Phi) is 4.68. The first-order chi connectivity index (χ1) is 13.1. The smallest absolute Gasteiger partial charge is 0.241 e. The van der Waals surface area contributed by atoms with Crippen molar-refractivity contribution in [1.29, 1.82) is 0 Å². The molecule has 4 rings (SSSR count). The Hall–Kier alpha value is -2.69. The van der Waals surface area contributed by atoms with Crippen LogP contribution in [-0.2, 0) is 6.54 Å². The van der Waals surface area contributed by atoms with Crippen LogP contribution in [0, 0.1) is 0 Å². The van der Waals surface area contributed by atoms with Gasteiger partial charge in [0, 0.05) is 50.6 Å². The number of rotatable bonds is 4. The van der Waals surface area contributed by atoms with Crippen molar-refractivity contribution in [2.75, 3.05) is 26.0 Å². The summed E-state index contributed by atoms with van der Waals surface area (Å²) in [6, 6.07) is 20.8. The molecule has 4 aromatic rings. The van der Waals surface area contributed by atoms with Gasteiger partial charge in [0.2, 0.25) is 16.7 Å². The number of nitrogens with zero attached hydrogens (tertiary/aromatic N) is 3. The number of benzene rings is 3. The van der Waals surface area contributed by atoms with E-state index in [2.05, 4.69) is 63.3 Å². The Morgan fingerprint density at radius 3 is 2.48 bits per heavy atom. The van der Waals surface area contributed by atoms with Gasteiger partial charge in [0.25, 0.3) is 0 Å². The van der Waals surface area contributed by atoms with Gasteiger partial charge in [-0.1, -0.05) is 35.9 Å². The normalized spacial score (nSPS) is 11.3. The molecule has 0 radical (unpaired) electrons. The molecule has 0 atom stereocenters. The maximum atomic E-state index is 6.63. The van der Waals surface area contributed by atoms with Gasteiger partial charge in [0.15, 0.2) is 5.52 Å². The number of halogens is 1. The van der Waals surface area contributed by atoms with Crippen LogP contribution >= 0.6 is 11.6 Å². The number of aromatic nitrogens is 2. The van der Waals surface area contributed by atoms with Gasteiger partial charge in [-0.05, 0) is 24.7 Å². The zero-order valence-corrected chi connectivity index (χ0v) is 16.5. The zero-order chi connectivity index (χ0) is 19.0. The third kappa shape index (κ3) is 3.22. The minimum Gasteiger partial charge on any atom is -0.377 e. The summed E-state index contributed by atoms with van der Waals surface area (Å²) in [7, 11) is 5.99. The highest BCUT2D eigenvalue weighted by Gasteiger charge is 2.22. The predicted octanol–water partition coefficient (Wildman–Crippen LogP) is 4.10. The summed E-state index contributed by atoms with van der Waals surface area (Å²) in [5.41, 5.74) is 7.13. The van der Waals surface area contributed by atoms with Crippen molar-refractivity contribution >= 4 is 39.4 Å². The molecule has 0 aliphatic heterocycles. The zero-order valence-electron chi connectivity index (χ0n) is 15.7. The van der Waals surface area contributed by atoms with Crippen molar-refractivity contribution < 1.29 is 4.57 Å². The third-order valence-electron chi connectivity index (χ3n) is 4.69. The molecule has 0 bridgehead atoms. The lowest BCUT2D eigenvalue weighted by Crippen LogP contribution is -2.33. The summed E-state index contributed by atoms with van der Waals surface area (Å²) in [6.07, 6.45) is 0. The van der Waals surface area contributed by atoms with E-state index in [-0.39, 0.29) is 0 Å². The lowest BCUT2D eigenvalue weighted by Gasteiger charge is -2.14. The van der Waals surface area contributed by atoms with E-state index < -0.39 is 0 Å². The average molecular weight is 378 g/mol. The number of anilines is 1. The summed E-state index contributed by atoms with van der Waals surface area (Å²) in [6.45, 7) is 0.807. The largest absolute Gasteiger partial charge is 0.377 e.